The molecule has 0 aliphatic heterocycles. The van der Waals surface area contributed by atoms with Gasteiger partial charge in [-0.2, -0.15) is 0 Å². The van der Waals surface area contributed by atoms with Crippen molar-refractivity contribution in [3.05, 3.63) is 158 Å². The monoisotopic (exact) mass is 658 g/mol. The van der Waals surface area contributed by atoms with E-state index in [9.17, 15) is 0 Å². The molecule has 6 nitrogen and oxygen atoms in total. The van der Waals surface area contributed by atoms with Gasteiger partial charge in [0.15, 0.2) is 22.4 Å². The molecule has 0 saturated carbocycles. The van der Waals surface area contributed by atoms with Crippen LogP contribution in [-0.2, 0) is 0 Å². The number of aromatic nitrogens is 6. The number of fused-ring (bicyclic) bond motifs is 7. The van der Waals surface area contributed by atoms with E-state index in [2.05, 4.69) is 89.3 Å². The zero-order valence-electron chi connectivity index (χ0n) is 26.6. The average Bonchev–Trinajstić information content (AvgIpc) is 3.75. The van der Waals surface area contributed by atoms with Crippen molar-refractivity contribution >= 4 is 48.5 Å². The Bertz CT molecular complexity index is 2810. The second-order valence-electron chi connectivity index (χ2n) is 12.2. The number of pyridine rings is 1. The Morgan fingerprint density at radius 3 is 1.68 bits per heavy atom. The fourth-order valence-corrected chi connectivity index (χ4v) is 7.68. The van der Waals surface area contributed by atoms with E-state index < -0.39 is 0 Å². The van der Waals surface area contributed by atoms with Gasteiger partial charge in [-0.3, -0.25) is 4.40 Å². The zero-order chi connectivity index (χ0) is 33.0. The van der Waals surface area contributed by atoms with Crippen molar-refractivity contribution in [1.82, 2.24) is 29.3 Å². The van der Waals surface area contributed by atoms with Crippen LogP contribution in [0, 0.1) is 0 Å². The predicted molar refractivity (Wildman–Crippen MR) is 204 cm³/mol. The fourth-order valence-electron chi connectivity index (χ4n) is 6.67. The predicted octanol–water partition coefficient (Wildman–Crippen LogP) is 10.8. The summed E-state index contributed by atoms with van der Waals surface area (Å²) in [6.07, 6.45) is 0. The largest absolute Gasteiger partial charge is 0.281 e. The second-order valence-corrected chi connectivity index (χ2v) is 13.2. The minimum absolute atomic E-state index is 0.629. The van der Waals surface area contributed by atoms with Crippen LogP contribution in [0.3, 0.4) is 0 Å². The fraction of sp³-hybridized carbons (Fsp3) is 0. The number of imidazole rings is 1. The van der Waals surface area contributed by atoms with E-state index >= 15 is 0 Å². The summed E-state index contributed by atoms with van der Waals surface area (Å²) in [5.74, 6) is 1.91. The van der Waals surface area contributed by atoms with Crippen LogP contribution in [0.2, 0.25) is 0 Å². The maximum absolute atomic E-state index is 5.21. The molecule has 234 valence electrons. The van der Waals surface area contributed by atoms with Gasteiger partial charge in [-0.15, -0.1) is 0 Å². The molecule has 0 fully saturated rings. The summed E-state index contributed by atoms with van der Waals surface area (Å²) >= 11 is 1.70. The molecule has 0 spiro atoms. The molecular formula is C43H26N6S. The number of rotatable bonds is 5. The summed E-state index contributed by atoms with van der Waals surface area (Å²) in [6, 6.07) is 53.9. The minimum atomic E-state index is 0.629. The van der Waals surface area contributed by atoms with Crippen molar-refractivity contribution in [1.29, 1.82) is 0 Å². The van der Waals surface area contributed by atoms with Crippen molar-refractivity contribution in [2.24, 2.45) is 0 Å². The molecule has 0 atom stereocenters. The third-order valence-electron chi connectivity index (χ3n) is 9.06. The van der Waals surface area contributed by atoms with Crippen LogP contribution >= 0.6 is 11.3 Å². The minimum Gasteiger partial charge on any atom is -0.281 e. The van der Waals surface area contributed by atoms with Crippen LogP contribution in [0.1, 0.15) is 0 Å². The molecule has 0 amide bonds. The van der Waals surface area contributed by atoms with Crippen LogP contribution in [0.25, 0.3) is 93.7 Å². The van der Waals surface area contributed by atoms with E-state index in [4.69, 9.17) is 24.9 Å². The Morgan fingerprint density at radius 1 is 0.420 bits per heavy atom. The first-order chi connectivity index (χ1) is 24.8. The van der Waals surface area contributed by atoms with E-state index in [0.717, 1.165) is 71.5 Å². The molecule has 50 heavy (non-hydrogen) atoms. The van der Waals surface area contributed by atoms with Crippen LogP contribution < -0.4 is 0 Å². The summed E-state index contributed by atoms with van der Waals surface area (Å²) in [6.45, 7) is 0. The van der Waals surface area contributed by atoms with E-state index in [0.29, 0.717) is 17.5 Å². The summed E-state index contributed by atoms with van der Waals surface area (Å²) in [5.41, 5.74) is 11.0. The quantitative estimate of drug-likeness (QED) is 0.184. The molecule has 0 bridgehead atoms. The molecule has 10 rings (SSSR count). The highest BCUT2D eigenvalue weighted by Gasteiger charge is 2.20. The molecule has 0 unspecified atom stereocenters. The van der Waals surface area contributed by atoms with Crippen molar-refractivity contribution in [2.45, 2.75) is 0 Å². The maximum Gasteiger partial charge on any atom is 0.195 e. The van der Waals surface area contributed by atoms with Gasteiger partial charge in [-0.25, -0.2) is 24.9 Å². The third-order valence-corrected chi connectivity index (χ3v) is 10.1. The van der Waals surface area contributed by atoms with E-state index in [1.54, 1.807) is 11.3 Å². The molecular weight excluding hydrogens is 633 g/mol. The highest BCUT2D eigenvalue weighted by Crippen LogP contribution is 2.39. The van der Waals surface area contributed by atoms with Crippen LogP contribution in [-0.4, -0.2) is 29.3 Å². The summed E-state index contributed by atoms with van der Waals surface area (Å²) in [7, 11) is 0. The first-order valence-corrected chi connectivity index (χ1v) is 17.3. The number of hydrogen-bond acceptors (Lipinski definition) is 6. The Labute approximate surface area is 291 Å². The van der Waals surface area contributed by atoms with E-state index in [1.165, 1.54) is 4.70 Å². The SMILES string of the molecule is c1ccc(-c2nc(-c3ccccc3)nc(-c3cccc(-c4ccc5sc6nc7c8ccccc8nc(-c8ccccc8)c7n6c5c4)c3)n2)cc1. The lowest BCUT2D eigenvalue weighted by molar-refractivity contribution is 1.07. The molecule has 0 saturated heterocycles. The molecule has 0 N–H and O–H groups in total. The Kier molecular flexibility index (Phi) is 6.57. The van der Waals surface area contributed by atoms with Gasteiger partial charge in [-0.1, -0.05) is 145 Å². The molecule has 10 aromatic rings. The summed E-state index contributed by atoms with van der Waals surface area (Å²) in [4.78, 5) is 26.2. The van der Waals surface area contributed by atoms with Crippen molar-refractivity contribution in [3.63, 3.8) is 0 Å². The Hall–Kier alpha value is -6.57. The number of hydrogen-bond donors (Lipinski definition) is 0. The van der Waals surface area contributed by atoms with E-state index in [1.807, 2.05) is 72.8 Å². The molecule has 6 aromatic carbocycles. The zero-order valence-corrected chi connectivity index (χ0v) is 27.4. The first kappa shape index (κ1) is 28.4. The molecule has 4 aromatic heterocycles. The second kappa shape index (κ2) is 11.5. The smallest absolute Gasteiger partial charge is 0.195 e. The van der Waals surface area contributed by atoms with Crippen LogP contribution in [0.15, 0.2) is 158 Å². The normalized spacial score (nSPS) is 11.6. The van der Waals surface area contributed by atoms with Gasteiger partial charge in [-0.05, 0) is 35.4 Å². The highest BCUT2D eigenvalue weighted by atomic mass is 32.1. The average molecular weight is 659 g/mol. The van der Waals surface area contributed by atoms with Crippen LogP contribution in [0.5, 0.6) is 0 Å². The van der Waals surface area contributed by atoms with Gasteiger partial charge in [0.1, 0.15) is 11.0 Å². The van der Waals surface area contributed by atoms with E-state index in [-0.39, 0.29) is 0 Å². The molecule has 7 heteroatoms. The van der Waals surface area contributed by atoms with Gasteiger partial charge in [0.05, 0.1) is 21.4 Å². The standard InChI is InChI=1S/C43H26N6S/c1-4-13-27(14-5-1)37-39-38(33-21-10-11-22-34(33)44-37)45-43-49(39)35-26-31(23-24-36(35)50-43)30-19-12-20-32(25-30)42-47-40(28-15-6-2-7-16-28)46-41(48-42)29-17-8-3-9-18-29/h1-26H. The first-order valence-electron chi connectivity index (χ1n) is 16.4. The summed E-state index contributed by atoms with van der Waals surface area (Å²) in [5, 5.41) is 1.05. The maximum atomic E-state index is 5.21. The lowest BCUT2D eigenvalue weighted by Gasteiger charge is -2.10. The molecule has 0 aliphatic carbocycles. The Balaban J connectivity index is 1.15. The third kappa shape index (κ3) is 4.75. The van der Waals surface area contributed by atoms with Gasteiger partial charge in [0.2, 0.25) is 0 Å². The number of benzene rings is 6. The topological polar surface area (TPSA) is 68.9 Å². The van der Waals surface area contributed by atoms with Gasteiger partial charge in [0, 0.05) is 27.6 Å². The van der Waals surface area contributed by atoms with Crippen molar-refractivity contribution in [2.75, 3.05) is 0 Å². The summed E-state index contributed by atoms with van der Waals surface area (Å²) < 4.78 is 3.45. The van der Waals surface area contributed by atoms with Gasteiger partial charge in [0.25, 0.3) is 0 Å². The number of thiazole rings is 1. The van der Waals surface area contributed by atoms with Gasteiger partial charge < -0.3 is 0 Å². The van der Waals surface area contributed by atoms with Gasteiger partial charge >= 0.3 is 0 Å². The molecule has 4 heterocycles. The van der Waals surface area contributed by atoms with Crippen molar-refractivity contribution in [3.8, 4) is 56.5 Å². The molecule has 0 aliphatic rings. The lowest BCUT2D eigenvalue weighted by Crippen LogP contribution is -2.00. The lowest BCUT2D eigenvalue weighted by atomic mass is 10.0. The number of para-hydroxylation sites is 1. The van der Waals surface area contributed by atoms with Crippen molar-refractivity contribution < 1.29 is 0 Å². The Morgan fingerprint density at radius 2 is 0.980 bits per heavy atom. The highest BCUT2D eigenvalue weighted by molar-refractivity contribution is 7.23. The molecule has 0 radical (unpaired) electrons. The van der Waals surface area contributed by atoms with Crippen LogP contribution in [0.4, 0.5) is 0 Å². The number of nitrogens with zero attached hydrogens (tertiary/aromatic N) is 6.